The third kappa shape index (κ3) is 5.89. The van der Waals surface area contributed by atoms with Gasteiger partial charge in [0.2, 0.25) is 0 Å². The predicted molar refractivity (Wildman–Crippen MR) is 65.1 cm³/mol. The molecule has 19 heavy (non-hydrogen) atoms. The average Bonchev–Trinajstić information content (AvgIpc) is 2.28. The maximum atomic E-state index is 11.9. The maximum Gasteiger partial charge on any atom is 0.389 e. The Morgan fingerprint density at radius 2 is 2.05 bits per heavy atom. The van der Waals surface area contributed by atoms with Gasteiger partial charge in [0.25, 0.3) is 5.69 Å². The molecule has 0 aliphatic rings. The van der Waals surface area contributed by atoms with Gasteiger partial charge in [-0.1, -0.05) is 11.6 Å². The van der Waals surface area contributed by atoms with Gasteiger partial charge in [-0.15, -0.1) is 0 Å². The van der Waals surface area contributed by atoms with Crippen LogP contribution in [-0.4, -0.2) is 17.6 Å². The lowest BCUT2D eigenvalue weighted by Gasteiger charge is -2.08. The Morgan fingerprint density at radius 3 is 2.63 bits per heavy atom. The summed E-state index contributed by atoms with van der Waals surface area (Å²) in [6.07, 6.45) is -5.11. The third-order valence-corrected chi connectivity index (χ3v) is 2.61. The van der Waals surface area contributed by atoms with Crippen molar-refractivity contribution in [2.24, 2.45) is 0 Å². The number of hydrogen-bond donors (Lipinski definition) is 1. The molecule has 0 heterocycles. The van der Waals surface area contributed by atoms with Crippen molar-refractivity contribution in [3.8, 4) is 0 Å². The van der Waals surface area contributed by atoms with Crippen molar-refractivity contribution >= 4 is 17.3 Å². The fourth-order valence-corrected chi connectivity index (χ4v) is 1.66. The molecule has 8 heteroatoms. The second kappa shape index (κ2) is 6.72. The number of halogens is 4. The molecule has 106 valence electrons. The first kappa shape index (κ1) is 15.7. The Balaban J connectivity index is 2.47. The highest BCUT2D eigenvalue weighted by Gasteiger charge is 2.25. The summed E-state index contributed by atoms with van der Waals surface area (Å²) in [6, 6.07) is 4.20. The molecule has 0 aliphatic heterocycles. The molecule has 4 nitrogen and oxygen atoms in total. The highest BCUT2D eigenvalue weighted by molar-refractivity contribution is 6.30. The van der Waals surface area contributed by atoms with Crippen molar-refractivity contribution in [1.29, 1.82) is 0 Å². The topological polar surface area (TPSA) is 55.2 Å². The fraction of sp³-hybridized carbons (Fsp3) is 0.455. The number of nitrogens with one attached hydrogen (secondary N) is 1. The largest absolute Gasteiger partial charge is 0.389 e. The smallest absolute Gasteiger partial charge is 0.312 e. The van der Waals surface area contributed by atoms with Gasteiger partial charge in [0, 0.05) is 29.6 Å². The van der Waals surface area contributed by atoms with Crippen LogP contribution in [0.25, 0.3) is 0 Å². The number of rotatable bonds is 6. The van der Waals surface area contributed by atoms with E-state index in [0.717, 1.165) is 0 Å². The van der Waals surface area contributed by atoms with Gasteiger partial charge in [-0.2, -0.15) is 13.2 Å². The van der Waals surface area contributed by atoms with Crippen molar-refractivity contribution in [2.45, 2.75) is 25.6 Å². The summed E-state index contributed by atoms with van der Waals surface area (Å²) in [6.45, 7) is 0.268. The zero-order valence-electron chi connectivity index (χ0n) is 9.84. The van der Waals surface area contributed by atoms with Gasteiger partial charge in [-0.3, -0.25) is 10.1 Å². The van der Waals surface area contributed by atoms with Crippen molar-refractivity contribution in [3.63, 3.8) is 0 Å². The van der Waals surface area contributed by atoms with Crippen LogP contribution >= 0.6 is 11.6 Å². The standard InChI is InChI=1S/C11H12ClF3N2O2/c12-9-3-2-8(10(6-9)17(18)19)7-16-5-1-4-11(13,14)15/h2-3,6,16H,1,4-5,7H2. The highest BCUT2D eigenvalue weighted by atomic mass is 35.5. The summed E-state index contributed by atoms with van der Waals surface area (Å²) in [5, 5.41) is 13.7. The van der Waals surface area contributed by atoms with Crippen LogP contribution in [0.3, 0.4) is 0 Å². The lowest BCUT2D eigenvalue weighted by Crippen LogP contribution is -2.18. The monoisotopic (exact) mass is 296 g/mol. The summed E-state index contributed by atoms with van der Waals surface area (Å²) in [5.74, 6) is 0. The number of benzene rings is 1. The van der Waals surface area contributed by atoms with Gasteiger partial charge in [-0.05, 0) is 25.1 Å². The molecule has 0 atom stereocenters. The lowest BCUT2D eigenvalue weighted by molar-refractivity contribution is -0.385. The molecule has 0 bridgehead atoms. The zero-order valence-corrected chi connectivity index (χ0v) is 10.6. The van der Waals surface area contributed by atoms with Crippen LogP contribution in [-0.2, 0) is 6.54 Å². The minimum atomic E-state index is -4.17. The molecule has 0 aromatic heterocycles. The number of nitrogens with zero attached hydrogens (tertiary/aromatic N) is 1. The molecular weight excluding hydrogens is 285 g/mol. The van der Waals surface area contributed by atoms with Gasteiger partial charge in [0.05, 0.1) is 4.92 Å². The molecule has 1 aromatic carbocycles. The Bertz CT molecular complexity index is 452. The van der Waals surface area contributed by atoms with Crippen molar-refractivity contribution in [1.82, 2.24) is 5.32 Å². The lowest BCUT2D eigenvalue weighted by atomic mass is 10.2. The summed E-state index contributed by atoms with van der Waals surface area (Å²) in [7, 11) is 0. The number of nitro groups is 1. The molecule has 0 saturated heterocycles. The van der Waals surface area contributed by atoms with Crippen LogP contribution in [0, 0.1) is 10.1 Å². The Labute approximate surface area is 112 Å². The van der Waals surface area contributed by atoms with Crippen LogP contribution in [0.2, 0.25) is 5.02 Å². The van der Waals surface area contributed by atoms with Gasteiger partial charge >= 0.3 is 6.18 Å². The molecule has 0 amide bonds. The number of nitro benzene ring substituents is 1. The van der Waals surface area contributed by atoms with E-state index in [9.17, 15) is 23.3 Å². The first-order chi connectivity index (χ1) is 8.79. The Morgan fingerprint density at radius 1 is 1.37 bits per heavy atom. The predicted octanol–water partition coefficient (Wildman–Crippen LogP) is 3.68. The minimum absolute atomic E-state index is 0.0646. The van der Waals surface area contributed by atoms with Crippen LogP contribution < -0.4 is 5.32 Å². The van der Waals surface area contributed by atoms with Crippen LogP contribution in [0.4, 0.5) is 18.9 Å². The SMILES string of the molecule is O=[N+]([O-])c1cc(Cl)ccc1CNCCCC(F)(F)F. The van der Waals surface area contributed by atoms with Gasteiger partial charge in [0.1, 0.15) is 0 Å². The maximum absolute atomic E-state index is 11.9. The first-order valence-corrected chi connectivity index (χ1v) is 5.87. The molecule has 1 N–H and O–H groups in total. The van der Waals surface area contributed by atoms with Gasteiger partial charge in [0.15, 0.2) is 0 Å². The summed E-state index contributed by atoms with van der Waals surface area (Å²) in [5.41, 5.74) is 0.247. The number of alkyl halides is 3. The van der Waals surface area contributed by atoms with Gasteiger partial charge in [-0.25, -0.2) is 0 Å². The zero-order chi connectivity index (χ0) is 14.5. The van der Waals surface area contributed by atoms with E-state index in [4.69, 9.17) is 11.6 Å². The second-order valence-electron chi connectivity index (χ2n) is 3.93. The Hall–Kier alpha value is -1.34. The van der Waals surface area contributed by atoms with Crippen molar-refractivity contribution in [3.05, 3.63) is 38.9 Å². The number of hydrogen-bond acceptors (Lipinski definition) is 3. The van der Waals surface area contributed by atoms with E-state index < -0.39 is 17.5 Å². The molecule has 0 unspecified atom stereocenters. The van der Waals surface area contributed by atoms with E-state index in [1.54, 1.807) is 0 Å². The normalized spacial score (nSPS) is 11.6. The van der Waals surface area contributed by atoms with Crippen molar-refractivity contribution < 1.29 is 18.1 Å². The fourth-order valence-electron chi connectivity index (χ4n) is 1.49. The van der Waals surface area contributed by atoms with E-state index in [0.29, 0.717) is 5.56 Å². The minimum Gasteiger partial charge on any atom is -0.312 e. The van der Waals surface area contributed by atoms with E-state index in [2.05, 4.69) is 5.32 Å². The Kier molecular flexibility index (Phi) is 5.56. The van der Waals surface area contributed by atoms with E-state index >= 15 is 0 Å². The molecular formula is C11H12ClF3N2O2. The van der Waals surface area contributed by atoms with E-state index in [-0.39, 0.29) is 30.2 Å². The quantitative estimate of drug-likeness (QED) is 0.495. The first-order valence-electron chi connectivity index (χ1n) is 5.50. The molecule has 1 aromatic rings. The average molecular weight is 297 g/mol. The molecule has 0 fully saturated rings. The summed E-state index contributed by atoms with van der Waals surface area (Å²) >= 11 is 5.64. The molecule has 0 aliphatic carbocycles. The van der Waals surface area contributed by atoms with Gasteiger partial charge < -0.3 is 5.32 Å². The van der Waals surface area contributed by atoms with Crippen LogP contribution in [0.1, 0.15) is 18.4 Å². The third-order valence-electron chi connectivity index (χ3n) is 2.37. The van der Waals surface area contributed by atoms with Crippen LogP contribution in [0.15, 0.2) is 18.2 Å². The molecule has 0 spiro atoms. The highest BCUT2D eigenvalue weighted by Crippen LogP contribution is 2.23. The summed E-state index contributed by atoms with van der Waals surface area (Å²) < 4.78 is 35.7. The molecule has 1 rings (SSSR count). The molecule has 0 radical (unpaired) electrons. The summed E-state index contributed by atoms with van der Waals surface area (Å²) in [4.78, 5) is 10.2. The second-order valence-corrected chi connectivity index (χ2v) is 4.36. The van der Waals surface area contributed by atoms with E-state index in [1.807, 2.05) is 0 Å². The van der Waals surface area contributed by atoms with Crippen LogP contribution in [0.5, 0.6) is 0 Å². The van der Waals surface area contributed by atoms with E-state index in [1.165, 1.54) is 18.2 Å². The molecule has 0 saturated carbocycles. The van der Waals surface area contributed by atoms with Crippen molar-refractivity contribution in [2.75, 3.05) is 6.54 Å².